The summed E-state index contributed by atoms with van der Waals surface area (Å²) in [6.45, 7) is 0. The Balaban J connectivity index is 2.27. The molecule has 0 atom stereocenters. The monoisotopic (exact) mass is 263 g/mol. The van der Waals surface area contributed by atoms with Gasteiger partial charge in [0.15, 0.2) is 5.82 Å². The number of carboxylic acid groups (broad SMARTS) is 1. The van der Waals surface area contributed by atoms with Crippen LogP contribution in [0.3, 0.4) is 0 Å². The van der Waals surface area contributed by atoms with E-state index in [0.29, 0.717) is 11.5 Å². The summed E-state index contributed by atoms with van der Waals surface area (Å²) in [6.07, 6.45) is 1.17. The first-order valence-corrected chi connectivity index (χ1v) is 5.31. The lowest BCUT2D eigenvalue weighted by molar-refractivity contribution is 0.0690. The second kappa shape index (κ2) is 5.34. The van der Waals surface area contributed by atoms with Gasteiger partial charge >= 0.3 is 5.97 Å². The number of aromatic nitrogens is 1. The summed E-state index contributed by atoms with van der Waals surface area (Å²) in [5.41, 5.74) is -0.487. The van der Waals surface area contributed by atoms with Gasteiger partial charge in [-0.1, -0.05) is 0 Å². The lowest BCUT2D eigenvalue weighted by atomic mass is 10.2. The Kier molecular flexibility index (Phi) is 3.61. The first-order chi connectivity index (χ1) is 9.11. The summed E-state index contributed by atoms with van der Waals surface area (Å²) in [6, 6.07) is 7.46. The highest BCUT2D eigenvalue weighted by molar-refractivity contribution is 5.88. The van der Waals surface area contributed by atoms with Crippen molar-refractivity contribution in [3.05, 3.63) is 47.9 Å². The van der Waals surface area contributed by atoms with Crippen molar-refractivity contribution in [1.29, 1.82) is 0 Å². The van der Waals surface area contributed by atoms with Gasteiger partial charge in [0.1, 0.15) is 17.1 Å². The Hall–Kier alpha value is -2.63. The van der Waals surface area contributed by atoms with Crippen LogP contribution in [-0.4, -0.2) is 23.2 Å². The molecule has 0 aliphatic carbocycles. The molecule has 0 saturated carbocycles. The third-order valence-corrected chi connectivity index (χ3v) is 2.36. The van der Waals surface area contributed by atoms with Crippen LogP contribution >= 0.6 is 0 Å². The molecule has 0 radical (unpaired) electrons. The van der Waals surface area contributed by atoms with Crippen molar-refractivity contribution in [2.24, 2.45) is 0 Å². The maximum absolute atomic E-state index is 13.8. The highest BCUT2D eigenvalue weighted by Crippen LogP contribution is 2.25. The molecule has 0 bridgehead atoms. The van der Waals surface area contributed by atoms with Gasteiger partial charge in [0, 0.05) is 6.20 Å². The van der Waals surface area contributed by atoms with Crippen LogP contribution in [-0.2, 0) is 0 Å². The van der Waals surface area contributed by atoms with Crippen LogP contribution in [0.25, 0.3) is 0 Å². The standard InChI is InChI=1S/C13H10FNO4/c1-18-8-2-4-9(5-3-8)19-12-11(14)10(13(16)17)6-7-15-12/h2-7H,1H3,(H,16,17). The fraction of sp³-hybridized carbons (Fsp3) is 0.0769. The molecule has 5 nitrogen and oxygen atoms in total. The maximum atomic E-state index is 13.8. The number of nitrogens with zero attached hydrogens (tertiary/aromatic N) is 1. The van der Waals surface area contributed by atoms with Crippen LogP contribution in [0.15, 0.2) is 36.5 Å². The fourth-order valence-corrected chi connectivity index (χ4v) is 1.42. The minimum absolute atomic E-state index is 0.328. The molecule has 1 N–H and O–H groups in total. The molecular formula is C13H10FNO4. The lowest BCUT2D eigenvalue weighted by Gasteiger charge is -2.07. The predicted molar refractivity (Wildman–Crippen MR) is 64.2 cm³/mol. The van der Waals surface area contributed by atoms with E-state index in [1.807, 2.05) is 0 Å². The second-order valence-electron chi connectivity index (χ2n) is 3.56. The van der Waals surface area contributed by atoms with E-state index in [2.05, 4.69) is 4.98 Å². The first-order valence-electron chi connectivity index (χ1n) is 5.31. The second-order valence-corrected chi connectivity index (χ2v) is 3.56. The van der Waals surface area contributed by atoms with E-state index in [1.54, 1.807) is 24.3 Å². The third-order valence-electron chi connectivity index (χ3n) is 2.36. The molecule has 0 amide bonds. The molecule has 0 aliphatic heterocycles. The Morgan fingerprint density at radius 1 is 1.21 bits per heavy atom. The maximum Gasteiger partial charge on any atom is 0.338 e. The summed E-state index contributed by atoms with van der Waals surface area (Å²) in [5, 5.41) is 8.78. The molecule has 6 heteroatoms. The van der Waals surface area contributed by atoms with Crippen molar-refractivity contribution < 1.29 is 23.8 Å². The van der Waals surface area contributed by atoms with Crippen molar-refractivity contribution in [3.8, 4) is 17.4 Å². The summed E-state index contributed by atoms with van der Waals surface area (Å²) in [5.74, 6) is -1.81. The highest BCUT2D eigenvalue weighted by Gasteiger charge is 2.16. The number of aromatic carboxylic acids is 1. The van der Waals surface area contributed by atoms with E-state index in [9.17, 15) is 9.18 Å². The average Bonchev–Trinajstić information content (AvgIpc) is 2.41. The zero-order chi connectivity index (χ0) is 13.8. The highest BCUT2D eigenvalue weighted by atomic mass is 19.1. The van der Waals surface area contributed by atoms with Gasteiger partial charge in [-0.25, -0.2) is 14.2 Å². The molecule has 0 saturated heterocycles. The topological polar surface area (TPSA) is 68.7 Å². The molecule has 98 valence electrons. The van der Waals surface area contributed by atoms with Gasteiger partial charge in [0.25, 0.3) is 5.88 Å². The van der Waals surface area contributed by atoms with Crippen LogP contribution in [0, 0.1) is 5.82 Å². The zero-order valence-corrected chi connectivity index (χ0v) is 9.96. The van der Waals surface area contributed by atoms with Crippen LogP contribution in [0.1, 0.15) is 10.4 Å². The number of ether oxygens (including phenoxy) is 2. The van der Waals surface area contributed by atoms with E-state index in [0.717, 1.165) is 6.07 Å². The van der Waals surface area contributed by atoms with E-state index in [4.69, 9.17) is 14.6 Å². The van der Waals surface area contributed by atoms with Gasteiger partial charge in [-0.15, -0.1) is 0 Å². The Morgan fingerprint density at radius 3 is 2.42 bits per heavy atom. The molecule has 1 aromatic carbocycles. The van der Waals surface area contributed by atoms with Crippen LogP contribution < -0.4 is 9.47 Å². The van der Waals surface area contributed by atoms with Crippen molar-refractivity contribution in [3.63, 3.8) is 0 Å². The van der Waals surface area contributed by atoms with Gasteiger partial charge < -0.3 is 14.6 Å². The molecule has 1 aromatic heterocycles. The molecule has 2 rings (SSSR count). The first kappa shape index (κ1) is 12.8. The predicted octanol–water partition coefficient (Wildman–Crippen LogP) is 2.72. The van der Waals surface area contributed by atoms with Gasteiger partial charge in [0.2, 0.25) is 0 Å². The zero-order valence-electron chi connectivity index (χ0n) is 9.96. The van der Waals surface area contributed by atoms with Crippen LogP contribution in [0.5, 0.6) is 17.4 Å². The summed E-state index contributed by atoms with van der Waals surface area (Å²) in [7, 11) is 1.52. The third kappa shape index (κ3) is 2.79. The van der Waals surface area contributed by atoms with Crippen molar-refractivity contribution in [1.82, 2.24) is 4.98 Å². The smallest absolute Gasteiger partial charge is 0.338 e. The van der Waals surface area contributed by atoms with E-state index < -0.39 is 17.3 Å². The molecule has 0 aliphatic rings. The SMILES string of the molecule is COc1ccc(Oc2nccc(C(=O)O)c2F)cc1. The number of halogens is 1. The number of carbonyl (C=O) groups is 1. The fourth-order valence-electron chi connectivity index (χ4n) is 1.42. The Labute approximate surface area is 108 Å². The number of carboxylic acids is 1. The van der Waals surface area contributed by atoms with E-state index >= 15 is 0 Å². The van der Waals surface area contributed by atoms with Crippen molar-refractivity contribution >= 4 is 5.97 Å². The van der Waals surface area contributed by atoms with Crippen molar-refractivity contribution in [2.45, 2.75) is 0 Å². The lowest BCUT2D eigenvalue weighted by Crippen LogP contribution is -2.03. The largest absolute Gasteiger partial charge is 0.497 e. The summed E-state index contributed by atoms with van der Waals surface area (Å²) < 4.78 is 23.9. The normalized spacial score (nSPS) is 10.0. The molecule has 19 heavy (non-hydrogen) atoms. The summed E-state index contributed by atoms with van der Waals surface area (Å²) >= 11 is 0. The number of methoxy groups -OCH3 is 1. The molecule has 1 heterocycles. The molecular weight excluding hydrogens is 253 g/mol. The molecule has 0 fully saturated rings. The number of pyridine rings is 1. The quantitative estimate of drug-likeness (QED) is 0.918. The average molecular weight is 263 g/mol. The summed E-state index contributed by atoms with van der Waals surface area (Å²) in [4.78, 5) is 14.4. The van der Waals surface area contributed by atoms with E-state index in [1.165, 1.54) is 13.3 Å². The van der Waals surface area contributed by atoms with Crippen molar-refractivity contribution in [2.75, 3.05) is 7.11 Å². The molecule has 2 aromatic rings. The molecule has 0 unspecified atom stereocenters. The number of benzene rings is 1. The van der Waals surface area contributed by atoms with Gasteiger partial charge in [-0.3, -0.25) is 0 Å². The minimum Gasteiger partial charge on any atom is -0.497 e. The van der Waals surface area contributed by atoms with Gasteiger partial charge in [0.05, 0.1) is 7.11 Å². The van der Waals surface area contributed by atoms with Gasteiger partial charge in [-0.05, 0) is 30.3 Å². The van der Waals surface area contributed by atoms with Gasteiger partial charge in [-0.2, -0.15) is 0 Å². The Bertz CT molecular complexity index is 598. The number of hydrogen-bond acceptors (Lipinski definition) is 4. The minimum atomic E-state index is -1.38. The van der Waals surface area contributed by atoms with Crippen LogP contribution in [0.2, 0.25) is 0 Å². The van der Waals surface area contributed by atoms with Crippen LogP contribution in [0.4, 0.5) is 4.39 Å². The molecule has 0 spiro atoms. The number of hydrogen-bond donors (Lipinski definition) is 1. The Morgan fingerprint density at radius 2 is 1.84 bits per heavy atom. The van der Waals surface area contributed by atoms with E-state index in [-0.39, 0.29) is 5.88 Å². The number of rotatable bonds is 4.